The van der Waals surface area contributed by atoms with Crippen molar-refractivity contribution in [1.29, 1.82) is 0 Å². The first-order chi connectivity index (χ1) is 11.1. The molecule has 130 valence electrons. The Kier molecular flexibility index (Phi) is 8.10. The number of hydrogen-bond acceptors (Lipinski definition) is 7. The Morgan fingerprint density at radius 3 is 1.54 bits per heavy atom. The highest BCUT2D eigenvalue weighted by molar-refractivity contribution is 14.1. The number of carbonyl (C=O) groups is 4. The van der Waals surface area contributed by atoms with Crippen LogP contribution in [0.5, 0.6) is 11.5 Å². The standard InChI is InChI=1S/C13H10I3NO7/c1-4(18)17-24-13(21)7-8(14)11(22-5(2)19)10(16)12(9(7)15)23-6(3)20/h1-3H3,(H,17,18). The number of benzene rings is 1. The Labute approximate surface area is 177 Å². The highest BCUT2D eigenvalue weighted by Crippen LogP contribution is 2.42. The molecule has 1 amide bonds. The topological polar surface area (TPSA) is 108 Å². The summed E-state index contributed by atoms with van der Waals surface area (Å²) < 4.78 is 11.2. The fourth-order valence-corrected chi connectivity index (χ4v) is 5.48. The molecule has 1 aromatic carbocycles. The average Bonchev–Trinajstić information content (AvgIpc) is 2.45. The number of hydroxylamine groups is 1. The van der Waals surface area contributed by atoms with Crippen molar-refractivity contribution < 1.29 is 33.5 Å². The number of ether oxygens (including phenoxy) is 2. The summed E-state index contributed by atoms with van der Waals surface area (Å²) in [5, 5.41) is 0. The molecule has 0 aromatic heterocycles. The molecule has 0 spiro atoms. The maximum Gasteiger partial charge on any atom is 0.365 e. The van der Waals surface area contributed by atoms with Crippen LogP contribution in [0, 0.1) is 10.7 Å². The molecule has 0 atom stereocenters. The number of esters is 2. The lowest BCUT2D eigenvalue weighted by Crippen LogP contribution is -2.26. The highest BCUT2D eigenvalue weighted by atomic mass is 127. The van der Waals surface area contributed by atoms with E-state index in [0.29, 0.717) is 3.57 Å². The third-order valence-corrected chi connectivity index (χ3v) is 5.26. The Hall–Kier alpha value is -0.710. The van der Waals surface area contributed by atoms with E-state index in [1.165, 1.54) is 20.8 Å². The largest absolute Gasteiger partial charge is 0.424 e. The van der Waals surface area contributed by atoms with Crippen LogP contribution >= 0.6 is 67.8 Å². The van der Waals surface area contributed by atoms with Gasteiger partial charge in [-0.15, -0.1) is 0 Å². The maximum atomic E-state index is 12.2. The smallest absolute Gasteiger partial charge is 0.365 e. The number of carbonyl (C=O) groups excluding carboxylic acids is 4. The predicted molar refractivity (Wildman–Crippen MR) is 106 cm³/mol. The van der Waals surface area contributed by atoms with Gasteiger partial charge in [0, 0.05) is 20.8 Å². The minimum absolute atomic E-state index is 0.00198. The third kappa shape index (κ3) is 5.40. The number of hydrogen-bond donors (Lipinski definition) is 1. The van der Waals surface area contributed by atoms with Crippen LogP contribution in [0.4, 0.5) is 0 Å². The Bertz CT molecular complexity index is 690. The second kappa shape index (κ2) is 9.12. The van der Waals surface area contributed by atoms with Crippen LogP contribution in [0.2, 0.25) is 0 Å². The molecular weight excluding hydrogens is 663 g/mol. The van der Waals surface area contributed by atoms with E-state index in [2.05, 4.69) is 4.84 Å². The molecule has 1 rings (SSSR count). The van der Waals surface area contributed by atoms with Crippen LogP contribution in [0.25, 0.3) is 0 Å². The van der Waals surface area contributed by atoms with Crippen LogP contribution in [-0.4, -0.2) is 23.8 Å². The van der Waals surface area contributed by atoms with Gasteiger partial charge in [-0.1, -0.05) is 0 Å². The molecule has 0 bridgehead atoms. The lowest BCUT2D eigenvalue weighted by molar-refractivity contribution is -0.132. The molecule has 8 nitrogen and oxygen atoms in total. The zero-order valence-corrected chi connectivity index (χ0v) is 19.0. The molecule has 0 aliphatic rings. The van der Waals surface area contributed by atoms with Gasteiger partial charge in [-0.2, -0.15) is 5.48 Å². The van der Waals surface area contributed by atoms with Crippen LogP contribution in [0.3, 0.4) is 0 Å². The maximum absolute atomic E-state index is 12.2. The van der Waals surface area contributed by atoms with Crippen molar-refractivity contribution in [1.82, 2.24) is 5.48 Å². The molecule has 24 heavy (non-hydrogen) atoms. The van der Waals surface area contributed by atoms with Gasteiger partial charge in [0.1, 0.15) is 3.57 Å². The molecular formula is C13H10I3NO7. The monoisotopic (exact) mass is 673 g/mol. The molecule has 0 radical (unpaired) electrons. The van der Waals surface area contributed by atoms with Crippen LogP contribution in [-0.2, 0) is 19.2 Å². The number of nitrogens with one attached hydrogen (secondary N) is 1. The van der Waals surface area contributed by atoms with E-state index in [1.807, 2.05) is 73.3 Å². The van der Waals surface area contributed by atoms with Crippen molar-refractivity contribution >= 4 is 91.6 Å². The van der Waals surface area contributed by atoms with Crippen molar-refractivity contribution in [3.05, 3.63) is 16.3 Å². The molecule has 1 N–H and O–H groups in total. The molecule has 0 fully saturated rings. The van der Waals surface area contributed by atoms with E-state index in [9.17, 15) is 19.2 Å². The van der Waals surface area contributed by atoms with Crippen molar-refractivity contribution in [3.63, 3.8) is 0 Å². The summed E-state index contributed by atoms with van der Waals surface area (Å²) in [5.41, 5.74) is 1.92. The lowest BCUT2D eigenvalue weighted by Gasteiger charge is -2.17. The Morgan fingerprint density at radius 2 is 1.21 bits per heavy atom. The number of halogens is 3. The summed E-state index contributed by atoms with van der Waals surface area (Å²) in [5.74, 6) is -2.55. The van der Waals surface area contributed by atoms with Crippen LogP contribution in [0.15, 0.2) is 0 Å². The summed E-state index contributed by atoms with van der Waals surface area (Å²) >= 11 is 5.46. The fourth-order valence-electron chi connectivity index (χ4n) is 1.43. The second-order valence-electron chi connectivity index (χ2n) is 4.21. The van der Waals surface area contributed by atoms with Gasteiger partial charge >= 0.3 is 17.9 Å². The summed E-state index contributed by atoms with van der Waals surface area (Å²) in [6.45, 7) is 3.57. The normalized spacial score (nSPS) is 9.92. The van der Waals surface area contributed by atoms with Crippen LogP contribution < -0.4 is 15.0 Å². The number of rotatable bonds is 3. The van der Waals surface area contributed by atoms with Gasteiger partial charge in [-0.25, -0.2) is 4.79 Å². The van der Waals surface area contributed by atoms with Gasteiger partial charge in [-0.3, -0.25) is 14.4 Å². The van der Waals surface area contributed by atoms with E-state index in [-0.39, 0.29) is 24.2 Å². The summed E-state index contributed by atoms with van der Waals surface area (Å²) in [6.07, 6.45) is 0. The first-order valence-corrected chi connectivity index (χ1v) is 9.34. The number of amides is 1. The quantitative estimate of drug-likeness (QED) is 0.228. The molecule has 0 heterocycles. The SMILES string of the molecule is CC(=O)NOC(=O)c1c(I)c(OC(C)=O)c(I)c(OC(C)=O)c1I. The summed E-state index contributed by atoms with van der Waals surface area (Å²) in [6, 6.07) is 0. The van der Waals surface area contributed by atoms with Crippen LogP contribution in [0.1, 0.15) is 31.1 Å². The van der Waals surface area contributed by atoms with Gasteiger partial charge in [-0.05, 0) is 67.8 Å². The minimum atomic E-state index is -0.891. The fraction of sp³-hybridized carbons (Fsp3) is 0.231. The van der Waals surface area contributed by atoms with E-state index in [1.54, 1.807) is 0 Å². The van der Waals surface area contributed by atoms with Gasteiger partial charge in [0.2, 0.25) is 5.91 Å². The van der Waals surface area contributed by atoms with Gasteiger partial charge in [0.15, 0.2) is 11.5 Å². The molecule has 0 saturated heterocycles. The van der Waals surface area contributed by atoms with E-state index < -0.39 is 23.8 Å². The molecule has 0 aliphatic heterocycles. The molecule has 0 unspecified atom stereocenters. The average molecular weight is 673 g/mol. The van der Waals surface area contributed by atoms with Gasteiger partial charge in [0.25, 0.3) is 0 Å². The van der Waals surface area contributed by atoms with Crippen molar-refractivity contribution in [2.24, 2.45) is 0 Å². The summed E-state index contributed by atoms with van der Waals surface area (Å²) in [4.78, 5) is 50.5. The Morgan fingerprint density at radius 1 is 0.792 bits per heavy atom. The zero-order valence-electron chi connectivity index (χ0n) is 12.5. The molecule has 0 saturated carbocycles. The van der Waals surface area contributed by atoms with Crippen molar-refractivity contribution in [2.45, 2.75) is 20.8 Å². The predicted octanol–water partition coefficient (Wildman–Crippen LogP) is 2.56. The lowest BCUT2D eigenvalue weighted by atomic mass is 10.2. The first kappa shape index (κ1) is 21.3. The van der Waals surface area contributed by atoms with Crippen molar-refractivity contribution in [2.75, 3.05) is 0 Å². The second-order valence-corrected chi connectivity index (χ2v) is 7.45. The van der Waals surface area contributed by atoms with Gasteiger partial charge < -0.3 is 14.3 Å². The Balaban J connectivity index is 3.55. The third-order valence-electron chi connectivity index (χ3n) is 2.22. The highest BCUT2D eigenvalue weighted by Gasteiger charge is 2.29. The minimum Gasteiger partial charge on any atom is -0.424 e. The summed E-state index contributed by atoms with van der Waals surface area (Å²) in [7, 11) is 0. The van der Waals surface area contributed by atoms with Gasteiger partial charge in [0.05, 0.1) is 12.7 Å². The van der Waals surface area contributed by atoms with E-state index >= 15 is 0 Å². The van der Waals surface area contributed by atoms with E-state index in [4.69, 9.17) is 9.47 Å². The van der Waals surface area contributed by atoms with Crippen molar-refractivity contribution in [3.8, 4) is 11.5 Å². The molecule has 11 heteroatoms. The first-order valence-electron chi connectivity index (χ1n) is 6.11. The zero-order chi connectivity index (χ0) is 18.6. The van der Waals surface area contributed by atoms with E-state index in [0.717, 1.165) is 0 Å². The molecule has 0 aliphatic carbocycles. The molecule has 1 aromatic rings.